The molecule has 4 aromatic rings. The molecule has 2 N–H and O–H groups in total. The second kappa shape index (κ2) is 13.4. The third kappa shape index (κ3) is 6.67. The first kappa shape index (κ1) is 30.9. The van der Waals surface area contributed by atoms with E-state index in [4.69, 9.17) is 28.7 Å². The lowest BCUT2D eigenvalue weighted by Gasteiger charge is -2.23. The Balaban J connectivity index is 1.55. The number of imidazole rings is 2. The molecule has 0 amide bonds. The van der Waals surface area contributed by atoms with Crippen molar-refractivity contribution in [2.45, 2.75) is 90.9 Å². The third-order valence-electron chi connectivity index (χ3n) is 7.46. The van der Waals surface area contributed by atoms with Gasteiger partial charge in [0.25, 0.3) is 0 Å². The molecule has 1 aliphatic heterocycles. The Hall–Kier alpha value is -4.53. The van der Waals surface area contributed by atoms with Crippen molar-refractivity contribution in [3.8, 4) is 0 Å². The van der Waals surface area contributed by atoms with Crippen LogP contribution in [0.1, 0.15) is 76.9 Å². The zero-order valence-corrected chi connectivity index (χ0v) is 25.8. The van der Waals surface area contributed by atoms with Gasteiger partial charge >= 0.3 is 11.9 Å². The molecule has 0 radical (unpaired) electrons. The van der Waals surface area contributed by atoms with E-state index in [9.17, 15) is 9.59 Å². The summed E-state index contributed by atoms with van der Waals surface area (Å²) in [6, 6.07) is 1.90. The fraction of sp³-hybridized carbons (Fsp3) is 0.552. The number of aryl methyl sites for hydroxylation is 2. The number of nitrogens with one attached hydrogen (secondary N) is 2. The number of nitrogens with zero attached hydrogens (tertiary/aromatic N) is 7. The average molecular weight is 610 g/mol. The summed E-state index contributed by atoms with van der Waals surface area (Å²) in [5.41, 5.74) is 2.59. The highest BCUT2D eigenvalue weighted by Gasteiger charge is 2.52. The standard InChI is InChI=1S/C29H39N9O6/c1-7-18(8-2)33-26-22-27(35-29(34-26)30-11-10-20-13-37(6)14-31-20)38(15-32-22)28-25(42-17(5)40)24(41-16(4)39)23(43-28)21-12-19(9-3)36-44-21/h12-15,18,23-25,28H,7-11H2,1-6H3,(H2,30,33,34,35)/t23-,24?,25?,28-/m1/s1. The Morgan fingerprint density at radius 3 is 2.41 bits per heavy atom. The molecule has 4 atom stereocenters. The molecule has 15 heteroatoms. The maximum atomic E-state index is 12.3. The van der Waals surface area contributed by atoms with E-state index >= 15 is 0 Å². The number of aromatic nitrogens is 7. The van der Waals surface area contributed by atoms with E-state index < -0.39 is 36.5 Å². The second-order valence-corrected chi connectivity index (χ2v) is 10.8. The first-order chi connectivity index (χ1) is 21.2. The van der Waals surface area contributed by atoms with Gasteiger partial charge in [-0.1, -0.05) is 25.9 Å². The molecular formula is C29H39N9O6. The molecule has 4 aromatic heterocycles. The Labute approximate surface area is 254 Å². The number of carbonyl (C=O) groups excluding carboxylic acids is 2. The number of hydrogen-bond donors (Lipinski definition) is 2. The van der Waals surface area contributed by atoms with Crippen molar-refractivity contribution in [2.24, 2.45) is 7.05 Å². The lowest BCUT2D eigenvalue weighted by atomic mass is 10.1. The monoisotopic (exact) mass is 609 g/mol. The first-order valence-corrected chi connectivity index (χ1v) is 14.9. The number of carbonyl (C=O) groups is 2. The van der Waals surface area contributed by atoms with Crippen LogP contribution in [0.3, 0.4) is 0 Å². The maximum absolute atomic E-state index is 12.3. The molecule has 5 rings (SSSR count). The number of esters is 2. The number of fused-ring (bicyclic) bond motifs is 1. The quantitative estimate of drug-likeness (QED) is 0.211. The summed E-state index contributed by atoms with van der Waals surface area (Å²) >= 11 is 0. The van der Waals surface area contributed by atoms with Gasteiger partial charge in [0.15, 0.2) is 47.3 Å². The number of hydrogen-bond acceptors (Lipinski definition) is 13. The summed E-state index contributed by atoms with van der Waals surface area (Å²) in [7, 11) is 1.92. The van der Waals surface area contributed by atoms with Gasteiger partial charge < -0.3 is 33.9 Å². The van der Waals surface area contributed by atoms with Gasteiger partial charge in [0, 0.05) is 52.2 Å². The minimum absolute atomic E-state index is 0.160. The third-order valence-corrected chi connectivity index (χ3v) is 7.46. The van der Waals surface area contributed by atoms with E-state index in [1.165, 1.54) is 13.8 Å². The fourth-order valence-electron chi connectivity index (χ4n) is 5.23. The van der Waals surface area contributed by atoms with Gasteiger partial charge in [0.1, 0.15) is 0 Å². The van der Waals surface area contributed by atoms with Gasteiger partial charge in [-0.3, -0.25) is 14.2 Å². The molecule has 0 spiro atoms. The molecule has 236 valence electrons. The van der Waals surface area contributed by atoms with Gasteiger partial charge in [0.05, 0.1) is 24.0 Å². The molecule has 44 heavy (non-hydrogen) atoms. The predicted octanol–water partition coefficient (Wildman–Crippen LogP) is 3.50. The van der Waals surface area contributed by atoms with Crippen molar-refractivity contribution in [3.63, 3.8) is 0 Å². The minimum atomic E-state index is -1.04. The summed E-state index contributed by atoms with van der Waals surface area (Å²) in [5.74, 6) is 0.146. The normalized spacial score (nSPS) is 19.9. The summed E-state index contributed by atoms with van der Waals surface area (Å²) in [4.78, 5) is 43.1. The minimum Gasteiger partial charge on any atom is -0.455 e. The van der Waals surface area contributed by atoms with E-state index in [0.717, 1.165) is 18.5 Å². The highest BCUT2D eigenvalue weighted by Crippen LogP contribution is 2.43. The number of ether oxygens (including phenoxy) is 3. The van der Waals surface area contributed by atoms with Crippen LogP contribution in [0.5, 0.6) is 0 Å². The molecule has 1 aliphatic rings. The van der Waals surface area contributed by atoms with Crippen molar-refractivity contribution in [1.29, 1.82) is 0 Å². The van der Waals surface area contributed by atoms with Crippen molar-refractivity contribution >= 4 is 34.9 Å². The van der Waals surface area contributed by atoms with Crippen molar-refractivity contribution in [2.75, 3.05) is 17.2 Å². The van der Waals surface area contributed by atoms with Crippen molar-refractivity contribution in [1.82, 2.24) is 34.2 Å². The van der Waals surface area contributed by atoms with Crippen LogP contribution in [0, 0.1) is 0 Å². The van der Waals surface area contributed by atoms with Crippen molar-refractivity contribution in [3.05, 3.63) is 42.1 Å². The van der Waals surface area contributed by atoms with Crippen LogP contribution in [0.4, 0.5) is 11.8 Å². The van der Waals surface area contributed by atoms with Crippen LogP contribution in [0.2, 0.25) is 0 Å². The molecule has 0 aromatic carbocycles. The van der Waals surface area contributed by atoms with Gasteiger partial charge in [0.2, 0.25) is 5.95 Å². The maximum Gasteiger partial charge on any atom is 0.303 e. The Bertz CT molecular complexity index is 1590. The van der Waals surface area contributed by atoms with Crippen LogP contribution >= 0.6 is 0 Å². The molecular weight excluding hydrogens is 570 g/mol. The molecule has 2 unspecified atom stereocenters. The van der Waals surface area contributed by atoms with E-state index in [-0.39, 0.29) is 6.04 Å². The van der Waals surface area contributed by atoms with Gasteiger partial charge in [-0.2, -0.15) is 9.97 Å². The molecule has 15 nitrogen and oxygen atoms in total. The lowest BCUT2D eigenvalue weighted by molar-refractivity contribution is -0.165. The van der Waals surface area contributed by atoms with Crippen LogP contribution in [-0.4, -0.2) is 71.0 Å². The molecule has 0 aliphatic carbocycles. The van der Waals surface area contributed by atoms with E-state index in [0.29, 0.717) is 53.8 Å². The first-order valence-electron chi connectivity index (χ1n) is 14.9. The van der Waals surface area contributed by atoms with E-state index in [1.807, 2.05) is 24.7 Å². The topological polar surface area (TPSA) is 173 Å². The number of rotatable bonds is 13. The van der Waals surface area contributed by atoms with Crippen molar-refractivity contribution < 1.29 is 28.3 Å². The summed E-state index contributed by atoms with van der Waals surface area (Å²) in [5, 5.41) is 10.9. The largest absolute Gasteiger partial charge is 0.455 e. The highest BCUT2D eigenvalue weighted by atomic mass is 16.6. The molecule has 0 saturated carbocycles. The Kier molecular flexibility index (Phi) is 9.42. The summed E-state index contributed by atoms with van der Waals surface area (Å²) in [6.45, 7) is 9.25. The Morgan fingerprint density at radius 2 is 1.77 bits per heavy atom. The van der Waals surface area contributed by atoms with E-state index in [2.05, 4.69) is 39.6 Å². The van der Waals surface area contributed by atoms with Crippen LogP contribution < -0.4 is 10.6 Å². The summed E-state index contributed by atoms with van der Waals surface area (Å²) < 4.78 is 27.0. The zero-order chi connectivity index (χ0) is 31.4. The van der Waals surface area contributed by atoms with E-state index in [1.54, 1.807) is 23.3 Å². The molecule has 0 bridgehead atoms. The fourth-order valence-corrected chi connectivity index (χ4v) is 5.23. The SMILES string of the molecule is CCc1cc([C@H]2O[C@@H](n3cnc4c(NC(CC)CC)nc(NCCc5cn(C)cn5)nc43)C(OC(C)=O)C2OC(C)=O)on1. The Morgan fingerprint density at radius 1 is 1.02 bits per heavy atom. The zero-order valence-electron chi connectivity index (χ0n) is 25.8. The van der Waals surface area contributed by atoms with Crippen LogP contribution in [0.15, 0.2) is 29.4 Å². The van der Waals surface area contributed by atoms with Crippen LogP contribution in [0.25, 0.3) is 11.2 Å². The molecule has 5 heterocycles. The number of anilines is 2. The highest BCUT2D eigenvalue weighted by molar-refractivity contribution is 5.84. The molecule has 1 fully saturated rings. The van der Waals surface area contributed by atoms with Gasteiger partial charge in [-0.15, -0.1) is 0 Å². The van der Waals surface area contributed by atoms with Gasteiger partial charge in [-0.05, 0) is 19.3 Å². The lowest BCUT2D eigenvalue weighted by Crippen LogP contribution is -2.36. The predicted molar refractivity (Wildman–Crippen MR) is 159 cm³/mol. The average Bonchev–Trinajstić information content (AvgIpc) is 3.78. The van der Waals surface area contributed by atoms with Gasteiger partial charge in [-0.25, -0.2) is 9.97 Å². The molecule has 1 saturated heterocycles. The van der Waals surface area contributed by atoms with Crippen LogP contribution in [-0.2, 0) is 43.7 Å². The summed E-state index contributed by atoms with van der Waals surface area (Å²) in [6.07, 6.45) is 4.41. The smallest absolute Gasteiger partial charge is 0.303 e. The second-order valence-electron chi connectivity index (χ2n) is 10.8.